The van der Waals surface area contributed by atoms with E-state index in [-0.39, 0.29) is 6.04 Å². The van der Waals surface area contributed by atoms with Crippen molar-refractivity contribution < 1.29 is 13.2 Å². The standard InChI is InChI=1S/C5H12N2O3S/c1-5-4-10-3-2-7(5)11(6,8)9/h5H,2-4H2,1H3,(H2,6,8,9). The zero-order chi connectivity index (χ0) is 8.48. The lowest BCUT2D eigenvalue weighted by atomic mass is 10.3. The Morgan fingerprint density at radius 1 is 1.64 bits per heavy atom. The van der Waals surface area contributed by atoms with E-state index in [1.165, 1.54) is 4.31 Å². The molecule has 1 heterocycles. The van der Waals surface area contributed by atoms with E-state index in [1.807, 2.05) is 0 Å². The van der Waals surface area contributed by atoms with E-state index in [0.717, 1.165) is 0 Å². The van der Waals surface area contributed by atoms with Crippen molar-refractivity contribution in [2.75, 3.05) is 19.8 Å². The highest BCUT2D eigenvalue weighted by Gasteiger charge is 2.26. The SMILES string of the molecule is CC1COCCN1S(N)(=O)=O. The van der Waals surface area contributed by atoms with E-state index in [4.69, 9.17) is 9.88 Å². The molecule has 0 aromatic heterocycles. The molecule has 1 fully saturated rings. The highest BCUT2D eigenvalue weighted by Crippen LogP contribution is 2.07. The molecular weight excluding hydrogens is 168 g/mol. The van der Waals surface area contributed by atoms with E-state index in [2.05, 4.69) is 0 Å². The molecule has 66 valence electrons. The maximum absolute atomic E-state index is 10.8. The van der Waals surface area contributed by atoms with Crippen molar-refractivity contribution in [1.29, 1.82) is 0 Å². The molecule has 1 rings (SSSR count). The summed E-state index contributed by atoms with van der Waals surface area (Å²) in [7, 11) is -3.52. The van der Waals surface area contributed by atoms with Gasteiger partial charge in [0, 0.05) is 12.6 Å². The Bertz CT molecular complexity index is 226. The molecule has 0 amide bonds. The minimum atomic E-state index is -3.52. The molecule has 0 spiro atoms. The number of hydrogen-bond donors (Lipinski definition) is 1. The molecule has 2 N–H and O–H groups in total. The lowest BCUT2D eigenvalue weighted by Crippen LogP contribution is -2.49. The Morgan fingerprint density at radius 3 is 2.64 bits per heavy atom. The van der Waals surface area contributed by atoms with Crippen molar-refractivity contribution in [3.63, 3.8) is 0 Å². The molecule has 11 heavy (non-hydrogen) atoms. The predicted octanol–water partition coefficient (Wildman–Crippen LogP) is -1.09. The van der Waals surface area contributed by atoms with Crippen molar-refractivity contribution in [3.8, 4) is 0 Å². The van der Waals surface area contributed by atoms with Crippen LogP contribution in [-0.4, -0.2) is 38.5 Å². The van der Waals surface area contributed by atoms with E-state index in [0.29, 0.717) is 19.8 Å². The van der Waals surface area contributed by atoms with Crippen LogP contribution >= 0.6 is 0 Å². The van der Waals surface area contributed by atoms with Gasteiger partial charge in [0.25, 0.3) is 10.2 Å². The normalized spacial score (nSPS) is 28.7. The van der Waals surface area contributed by atoms with Crippen LogP contribution in [0.2, 0.25) is 0 Å². The zero-order valence-corrected chi connectivity index (χ0v) is 7.17. The number of nitrogens with two attached hydrogens (primary N) is 1. The Labute approximate surface area is 66.3 Å². The van der Waals surface area contributed by atoms with E-state index < -0.39 is 10.2 Å². The minimum Gasteiger partial charge on any atom is -0.378 e. The first-order valence-corrected chi connectivity index (χ1v) is 4.89. The third kappa shape index (κ3) is 2.13. The van der Waals surface area contributed by atoms with Crippen LogP contribution in [0.3, 0.4) is 0 Å². The highest BCUT2D eigenvalue weighted by atomic mass is 32.2. The van der Waals surface area contributed by atoms with Crippen LogP contribution in [0, 0.1) is 0 Å². The van der Waals surface area contributed by atoms with Crippen molar-refractivity contribution in [3.05, 3.63) is 0 Å². The quantitative estimate of drug-likeness (QED) is 0.557. The van der Waals surface area contributed by atoms with Crippen molar-refractivity contribution >= 4 is 10.2 Å². The topological polar surface area (TPSA) is 72.6 Å². The van der Waals surface area contributed by atoms with Gasteiger partial charge >= 0.3 is 0 Å². The molecule has 0 radical (unpaired) electrons. The number of morpholine rings is 1. The van der Waals surface area contributed by atoms with Crippen LogP contribution in [0.15, 0.2) is 0 Å². The lowest BCUT2D eigenvalue weighted by molar-refractivity contribution is 0.0393. The molecule has 1 saturated heterocycles. The van der Waals surface area contributed by atoms with Crippen LogP contribution in [0.4, 0.5) is 0 Å². The fourth-order valence-electron chi connectivity index (χ4n) is 1.09. The molecule has 1 unspecified atom stereocenters. The Kier molecular flexibility index (Phi) is 2.48. The molecule has 1 atom stereocenters. The van der Waals surface area contributed by atoms with Gasteiger partial charge in [-0.05, 0) is 6.92 Å². The van der Waals surface area contributed by atoms with Crippen LogP contribution in [0.25, 0.3) is 0 Å². The summed E-state index contributed by atoms with van der Waals surface area (Å²) in [6, 6.07) is -0.140. The zero-order valence-electron chi connectivity index (χ0n) is 6.36. The summed E-state index contributed by atoms with van der Waals surface area (Å²) >= 11 is 0. The molecule has 6 heteroatoms. The van der Waals surface area contributed by atoms with Gasteiger partial charge in [-0.3, -0.25) is 0 Å². The van der Waals surface area contributed by atoms with Gasteiger partial charge in [0.2, 0.25) is 0 Å². The maximum atomic E-state index is 10.8. The molecule has 0 saturated carbocycles. The Hall–Kier alpha value is -0.170. The average Bonchev–Trinajstić information content (AvgIpc) is 1.86. The predicted molar refractivity (Wildman–Crippen MR) is 40.1 cm³/mol. The first-order valence-electron chi connectivity index (χ1n) is 3.39. The van der Waals surface area contributed by atoms with Gasteiger partial charge < -0.3 is 4.74 Å². The van der Waals surface area contributed by atoms with Crippen LogP contribution in [-0.2, 0) is 14.9 Å². The Morgan fingerprint density at radius 2 is 2.27 bits per heavy atom. The maximum Gasteiger partial charge on any atom is 0.277 e. The molecule has 0 aliphatic carbocycles. The number of nitrogens with zero attached hydrogens (tertiary/aromatic N) is 1. The summed E-state index contributed by atoms with van der Waals surface area (Å²) in [5, 5.41) is 4.94. The largest absolute Gasteiger partial charge is 0.378 e. The molecule has 0 bridgehead atoms. The number of rotatable bonds is 1. The van der Waals surface area contributed by atoms with Crippen molar-refractivity contribution in [1.82, 2.24) is 4.31 Å². The van der Waals surface area contributed by atoms with Crippen molar-refractivity contribution in [2.24, 2.45) is 5.14 Å². The van der Waals surface area contributed by atoms with E-state index >= 15 is 0 Å². The first kappa shape index (κ1) is 8.92. The summed E-state index contributed by atoms with van der Waals surface area (Å²) in [5.74, 6) is 0. The average molecular weight is 180 g/mol. The molecule has 1 aliphatic heterocycles. The van der Waals surface area contributed by atoms with E-state index in [1.54, 1.807) is 6.92 Å². The van der Waals surface area contributed by atoms with Gasteiger partial charge in [-0.2, -0.15) is 12.7 Å². The van der Waals surface area contributed by atoms with Crippen LogP contribution in [0.5, 0.6) is 0 Å². The van der Waals surface area contributed by atoms with E-state index in [9.17, 15) is 8.42 Å². The third-order valence-electron chi connectivity index (χ3n) is 1.63. The van der Waals surface area contributed by atoms with Crippen LogP contribution in [0.1, 0.15) is 6.92 Å². The molecular formula is C5H12N2O3S. The second-order valence-corrected chi connectivity index (χ2v) is 4.08. The Balaban J connectivity index is 2.70. The van der Waals surface area contributed by atoms with Gasteiger partial charge in [-0.1, -0.05) is 0 Å². The van der Waals surface area contributed by atoms with Gasteiger partial charge in [-0.15, -0.1) is 0 Å². The van der Waals surface area contributed by atoms with Gasteiger partial charge in [-0.25, -0.2) is 5.14 Å². The number of hydrogen-bond acceptors (Lipinski definition) is 3. The van der Waals surface area contributed by atoms with Gasteiger partial charge in [0.1, 0.15) is 0 Å². The highest BCUT2D eigenvalue weighted by molar-refractivity contribution is 7.86. The van der Waals surface area contributed by atoms with Crippen molar-refractivity contribution in [2.45, 2.75) is 13.0 Å². The van der Waals surface area contributed by atoms with Gasteiger partial charge in [0.15, 0.2) is 0 Å². The first-order chi connectivity index (χ1) is 5.02. The lowest BCUT2D eigenvalue weighted by Gasteiger charge is -2.30. The van der Waals surface area contributed by atoms with Gasteiger partial charge in [0.05, 0.1) is 13.2 Å². The smallest absolute Gasteiger partial charge is 0.277 e. The summed E-state index contributed by atoms with van der Waals surface area (Å²) in [6.07, 6.45) is 0. The molecule has 1 aliphatic rings. The van der Waals surface area contributed by atoms with Crippen LogP contribution < -0.4 is 5.14 Å². The molecule has 0 aromatic carbocycles. The summed E-state index contributed by atoms with van der Waals surface area (Å²) in [5.41, 5.74) is 0. The summed E-state index contributed by atoms with van der Waals surface area (Å²) in [6.45, 7) is 2.99. The fraction of sp³-hybridized carbons (Fsp3) is 1.00. The monoisotopic (exact) mass is 180 g/mol. The fourth-order valence-corrected chi connectivity index (χ4v) is 1.98. The second-order valence-electron chi connectivity index (χ2n) is 2.58. The molecule has 0 aromatic rings. The summed E-state index contributed by atoms with van der Waals surface area (Å²) in [4.78, 5) is 0. The third-order valence-corrected chi connectivity index (χ3v) is 2.83. The minimum absolute atomic E-state index is 0.140. The summed E-state index contributed by atoms with van der Waals surface area (Å²) < 4.78 is 28.0. The number of ether oxygens (including phenoxy) is 1. The second kappa shape index (κ2) is 3.06. The molecule has 5 nitrogen and oxygen atoms in total.